The first-order chi connectivity index (χ1) is 10.7. The fourth-order valence-corrected chi connectivity index (χ4v) is 2.03. The number of nitrogens with zero attached hydrogens (tertiary/aromatic N) is 1. The van der Waals surface area contributed by atoms with Crippen LogP contribution in [0.3, 0.4) is 0 Å². The lowest BCUT2D eigenvalue weighted by Crippen LogP contribution is -2.17. The van der Waals surface area contributed by atoms with Gasteiger partial charge in [-0.1, -0.05) is 24.8 Å². The van der Waals surface area contributed by atoms with E-state index in [4.69, 9.17) is 4.74 Å². The van der Waals surface area contributed by atoms with E-state index < -0.39 is 0 Å². The van der Waals surface area contributed by atoms with Gasteiger partial charge in [-0.2, -0.15) is 5.10 Å². The summed E-state index contributed by atoms with van der Waals surface area (Å²) < 4.78 is 6.51. The van der Waals surface area contributed by atoms with Crippen molar-refractivity contribution in [2.24, 2.45) is 5.10 Å². The standard InChI is InChI=1S/C17H15IN2O2/c1-2-10-22-16-5-3-4-13(11-16)12-19-20-17(21)14-6-8-15(18)9-7-14/h2-9,11-12H,1,10H2,(H,20,21)/b19-12-. The highest BCUT2D eigenvalue weighted by Gasteiger charge is 2.02. The number of carbonyl (C=O) groups is 1. The number of hydrazone groups is 1. The molecular formula is C17H15IN2O2. The molecule has 0 unspecified atom stereocenters. The van der Waals surface area contributed by atoms with Crippen LogP contribution in [0.4, 0.5) is 0 Å². The third-order valence-electron chi connectivity index (χ3n) is 2.71. The lowest BCUT2D eigenvalue weighted by atomic mass is 10.2. The molecule has 0 aliphatic heterocycles. The molecule has 0 aliphatic rings. The molecule has 0 saturated carbocycles. The van der Waals surface area contributed by atoms with Crippen LogP contribution in [-0.2, 0) is 0 Å². The fourth-order valence-electron chi connectivity index (χ4n) is 1.67. The van der Waals surface area contributed by atoms with Gasteiger partial charge in [0.2, 0.25) is 0 Å². The molecule has 2 aromatic carbocycles. The van der Waals surface area contributed by atoms with Crippen LogP contribution in [0.25, 0.3) is 0 Å². The summed E-state index contributed by atoms with van der Waals surface area (Å²) in [6.45, 7) is 4.05. The Bertz CT molecular complexity index is 681. The van der Waals surface area contributed by atoms with Crippen molar-refractivity contribution in [1.82, 2.24) is 5.43 Å². The number of benzene rings is 2. The third kappa shape index (κ3) is 5.00. The molecule has 0 bridgehead atoms. The summed E-state index contributed by atoms with van der Waals surface area (Å²) in [4.78, 5) is 11.9. The maximum atomic E-state index is 11.9. The summed E-state index contributed by atoms with van der Waals surface area (Å²) >= 11 is 2.19. The number of amides is 1. The van der Waals surface area contributed by atoms with E-state index in [1.165, 1.54) is 0 Å². The predicted octanol–water partition coefficient (Wildman–Crippen LogP) is 3.62. The molecule has 22 heavy (non-hydrogen) atoms. The van der Waals surface area contributed by atoms with Crippen LogP contribution >= 0.6 is 22.6 Å². The molecule has 0 saturated heterocycles. The predicted molar refractivity (Wildman–Crippen MR) is 96.4 cm³/mol. The minimum atomic E-state index is -0.244. The maximum absolute atomic E-state index is 11.9. The van der Waals surface area contributed by atoms with Gasteiger partial charge in [-0.3, -0.25) is 4.79 Å². The summed E-state index contributed by atoms with van der Waals surface area (Å²) in [5.74, 6) is 0.486. The highest BCUT2D eigenvalue weighted by atomic mass is 127. The van der Waals surface area contributed by atoms with Crippen molar-refractivity contribution in [2.75, 3.05) is 6.61 Å². The average Bonchev–Trinajstić information content (AvgIpc) is 2.54. The van der Waals surface area contributed by atoms with E-state index in [1.807, 2.05) is 36.4 Å². The number of ether oxygens (including phenoxy) is 1. The number of rotatable bonds is 6. The van der Waals surface area contributed by atoms with E-state index in [0.29, 0.717) is 12.2 Å². The Balaban J connectivity index is 1.95. The SMILES string of the molecule is C=CCOc1cccc(/C=N\NC(=O)c2ccc(I)cc2)c1. The Kier molecular flexibility index (Phi) is 6.14. The van der Waals surface area contributed by atoms with Crippen molar-refractivity contribution in [3.05, 3.63) is 75.9 Å². The second-order valence-corrected chi connectivity index (χ2v) is 5.62. The molecule has 2 aromatic rings. The second kappa shape index (κ2) is 8.33. The summed E-state index contributed by atoms with van der Waals surface area (Å²) in [6, 6.07) is 14.7. The molecule has 1 amide bonds. The van der Waals surface area contributed by atoms with Gasteiger partial charge in [0.05, 0.1) is 6.21 Å². The van der Waals surface area contributed by atoms with Gasteiger partial charge >= 0.3 is 0 Å². The zero-order valence-electron chi connectivity index (χ0n) is 11.8. The number of hydrogen-bond acceptors (Lipinski definition) is 3. The van der Waals surface area contributed by atoms with Crippen molar-refractivity contribution in [1.29, 1.82) is 0 Å². The lowest BCUT2D eigenvalue weighted by Gasteiger charge is -2.03. The van der Waals surface area contributed by atoms with E-state index in [9.17, 15) is 4.79 Å². The van der Waals surface area contributed by atoms with Crippen molar-refractivity contribution in [2.45, 2.75) is 0 Å². The van der Waals surface area contributed by atoms with Crippen LogP contribution in [-0.4, -0.2) is 18.7 Å². The summed E-state index contributed by atoms with van der Waals surface area (Å²) in [5, 5.41) is 3.96. The third-order valence-corrected chi connectivity index (χ3v) is 3.43. The zero-order chi connectivity index (χ0) is 15.8. The molecule has 0 spiro atoms. The molecule has 0 aromatic heterocycles. The van der Waals surface area contributed by atoms with E-state index in [0.717, 1.165) is 14.9 Å². The van der Waals surface area contributed by atoms with Gasteiger partial charge in [0.1, 0.15) is 12.4 Å². The smallest absolute Gasteiger partial charge is 0.271 e. The maximum Gasteiger partial charge on any atom is 0.271 e. The van der Waals surface area contributed by atoms with Gasteiger partial charge in [-0.15, -0.1) is 0 Å². The van der Waals surface area contributed by atoms with Crippen molar-refractivity contribution >= 4 is 34.7 Å². The first-order valence-corrected chi connectivity index (χ1v) is 7.69. The van der Waals surface area contributed by atoms with E-state index >= 15 is 0 Å². The normalized spacial score (nSPS) is 10.4. The monoisotopic (exact) mass is 406 g/mol. The zero-order valence-corrected chi connectivity index (χ0v) is 14.0. The first kappa shape index (κ1) is 16.2. The Hall–Kier alpha value is -2.15. The average molecular weight is 406 g/mol. The fraction of sp³-hybridized carbons (Fsp3) is 0.0588. The summed E-state index contributed by atoms with van der Waals surface area (Å²) in [7, 11) is 0. The van der Waals surface area contributed by atoms with Gasteiger partial charge in [-0.05, 0) is 64.6 Å². The highest BCUT2D eigenvalue weighted by molar-refractivity contribution is 14.1. The Morgan fingerprint density at radius 1 is 1.27 bits per heavy atom. The number of halogens is 1. The second-order valence-electron chi connectivity index (χ2n) is 4.38. The Labute approximate surface area is 143 Å². The molecule has 5 heteroatoms. The number of nitrogens with one attached hydrogen (secondary N) is 1. The minimum absolute atomic E-state index is 0.244. The van der Waals surface area contributed by atoms with Crippen LogP contribution in [0, 0.1) is 3.57 Å². The van der Waals surface area contributed by atoms with Crippen LogP contribution in [0.15, 0.2) is 66.3 Å². The topological polar surface area (TPSA) is 50.7 Å². The highest BCUT2D eigenvalue weighted by Crippen LogP contribution is 2.12. The Morgan fingerprint density at radius 3 is 2.77 bits per heavy atom. The van der Waals surface area contributed by atoms with E-state index in [2.05, 4.69) is 39.7 Å². The molecule has 0 heterocycles. The van der Waals surface area contributed by atoms with Crippen molar-refractivity contribution < 1.29 is 9.53 Å². The molecular weight excluding hydrogens is 391 g/mol. The van der Waals surface area contributed by atoms with Gasteiger partial charge in [0.25, 0.3) is 5.91 Å². The Morgan fingerprint density at radius 2 is 2.05 bits per heavy atom. The van der Waals surface area contributed by atoms with Gasteiger partial charge < -0.3 is 4.74 Å². The van der Waals surface area contributed by atoms with Crippen LogP contribution in [0.2, 0.25) is 0 Å². The largest absolute Gasteiger partial charge is 0.490 e. The quantitative estimate of drug-likeness (QED) is 0.345. The summed E-state index contributed by atoms with van der Waals surface area (Å²) in [6.07, 6.45) is 3.26. The van der Waals surface area contributed by atoms with Crippen molar-refractivity contribution in [3.63, 3.8) is 0 Å². The van der Waals surface area contributed by atoms with Crippen molar-refractivity contribution in [3.8, 4) is 5.75 Å². The molecule has 1 N–H and O–H groups in total. The molecule has 2 rings (SSSR count). The van der Waals surface area contributed by atoms with Crippen LogP contribution < -0.4 is 10.2 Å². The van der Waals surface area contributed by atoms with Crippen LogP contribution in [0.5, 0.6) is 5.75 Å². The van der Waals surface area contributed by atoms with E-state index in [-0.39, 0.29) is 5.91 Å². The molecule has 0 atom stereocenters. The molecule has 0 radical (unpaired) electrons. The molecule has 0 aliphatic carbocycles. The number of carbonyl (C=O) groups excluding carboxylic acids is 1. The van der Waals surface area contributed by atoms with Gasteiger partial charge in [0, 0.05) is 9.13 Å². The lowest BCUT2D eigenvalue weighted by molar-refractivity contribution is 0.0955. The van der Waals surface area contributed by atoms with Gasteiger partial charge in [0.15, 0.2) is 0 Å². The summed E-state index contributed by atoms with van der Waals surface area (Å²) in [5.41, 5.74) is 3.91. The molecule has 112 valence electrons. The first-order valence-electron chi connectivity index (χ1n) is 6.62. The van der Waals surface area contributed by atoms with E-state index in [1.54, 1.807) is 24.4 Å². The van der Waals surface area contributed by atoms with Crippen LogP contribution in [0.1, 0.15) is 15.9 Å². The van der Waals surface area contributed by atoms with Gasteiger partial charge in [-0.25, -0.2) is 5.43 Å². The molecule has 0 fully saturated rings. The number of hydrogen-bond donors (Lipinski definition) is 1. The molecule has 4 nitrogen and oxygen atoms in total. The minimum Gasteiger partial charge on any atom is -0.490 e.